The Kier molecular flexibility index (Phi) is 6.11. The Morgan fingerprint density at radius 1 is 1.22 bits per heavy atom. The van der Waals surface area contributed by atoms with Crippen LogP contribution in [0.5, 0.6) is 0 Å². The summed E-state index contributed by atoms with van der Waals surface area (Å²) in [7, 11) is -0.816. The highest BCUT2D eigenvalue weighted by Gasteiger charge is 2.20. The van der Waals surface area contributed by atoms with Crippen molar-refractivity contribution in [1.82, 2.24) is 0 Å². The lowest BCUT2D eigenvalue weighted by molar-refractivity contribution is 0.0992. The van der Waals surface area contributed by atoms with Crippen molar-refractivity contribution in [3.63, 3.8) is 0 Å². The van der Waals surface area contributed by atoms with Gasteiger partial charge in [-0.3, -0.25) is 4.21 Å². The largest absolute Gasteiger partial charge is 0.497 e. The third-order valence-corrected chi connectivity index (χ3v) is 6.17. The second-order valence-electron chi connectivity index (χ2n) is 6.13. The van der Waals surface area contributed by atoms with Crippen molar-refractivity contribution in [1.29, 1.82) is 0 Å². The monoisotopic (exact) mass is 335 g/mol. The molecule has 0 aliphatic carbocycles. The van der Waals surface area contributed by atoms with E-state index in [-0.39, 0.29) is 11.4 Å². The van der Waals surface area contributed by atoms with Gasteiger partial charge in [0.2, 0.25) is 0 Å². The average molecular weight is 335 g/mol. The van der Waals surface area contributed by atoms with Crippen LogP contribution in [0.3, 0.4) is 0 Å². The van der Waals surface area contributed by atoms with E-state index in [0.717, 1.165) is 56.7 Å². The molecule has 2 aliphatic heterocycles. The molecule has 2 atom stereocenters. The average Bonchev–Trinajstić information content (AvgIpc) is 2.62. The standard InChI is InChI=1S/C18H25NO3S/c20-23(18-7-10-21-11-8-18)14-15-4-3-5-16(12-15)19-13-17-6-1-2-9-22-17/h2-5,9,12,17-19H,1,6-8,10-11,13-14H2/t17-,23+/m1/s1. The van der Waals surface area contributed by atoms with Crippen molar-refractivity contribution in [2.75, 3.05) is 25.1 Å². The number of nitrogens with one attached hydrogen (secondary N) is 1. The molecule has 1 aromatic carbocycles. The molecule has 0 radical (unpaired) electrons. The first kappa shape index (κ1) is 16.5. The van der Waals surface area contributed by atoms with Crippen LogP contribution in [-0.4, -0.2) is 35.3 Å². The number of benzene rings is 1. The van der Waals surface area contributed by atoms with Gasteiger partial charge in [-0.2, -0.15) is 0 Å². The first-order chi connectivity index (χ1) is 11.3. The van der Waals surface area contributed by atoms with Crippen LogP contribution < -0.4 is 5.32 Å². The minimum absolute atomic E-state index is 0.236. The predicted octanol–water partition coefficient (Wildman–Crippen LogP) is 3.22. The van der Waals surface area contributed by atoms with Gasteiger partial charge in [-0.05, 0) is 49.5 Å². The number of allylic oxidation sites excluding steroid dienone is 1. The van der Waals surface area contributed by atoms with Crippen molar-refractivity contribution >= 4 is 16.5 Å². The van der Waals surface area contributed by atoms with Crippen molar-refractivity contribution in [2.45, 2.75) is 42.8 Å². The van der Waals surface area contributed by atoms with Gasteiger partial charge in [-0.1, -0.05) is 12.1 Å². The molecule has 1 N–H and O–H groups in total. The Hall–Kier alpha value is -1.33. The van der Waals surface area contributed by atoms with E-state index in [9.17, 15) is 4.21 Å². The summed E-state index contributed by atoms with van der Waals surface area (Å²) < 4.78 is 23.4. The molecule has 0 aromatic heterocycles. The van der Waals surface area contributed by atoms with Crippen molar-refractivity contribution in [2.24, 2.45) is 0 Å². The van der Waals surface area contributed by atoms with Crippen LogP contribution in [0.2, 0.25) is 0 Å². The molecule has 1 aromatic rings. The summed E-state index contributed by atoms with van der Waals surface area (Å²) in [5.74, 6) is 0.628. The zero-order valence-corrected chi connectivity index (χ0v) is 14.2. The van der Waals surface area contributed by atoms with Gasteiger partial charge in [-0.15, -0.1) is 0 Å². The highest BCUT2D eigenvalue weighted by molar-refractivity contribution is 7.84. The Bertz CT molecular complexity index is 555. The van der Waals surface area contributed by atoms with Crippen LogP contribution in [0.1, 0.15) is 31.2 Å². The lowest BCUT2D eigenvalue weighted by Crippen LogP contribution is -2.25. The second-order valence-corrected chi connectivity index (χ2v) is 7.84. The number of hydrogen-bond donors (Lipinski definition) is 1. The minimum atomic E-state index is -0.816. The molecule has 23 heavy (non-hydrogen) atoms. The zero-order chi connectivity index (χ0) is 15.9. The van der Waals surface area contributed by atoms with Crippen LogP contribution in [0.4, 0.5) is 5.69 Å². The predicted molar refractivity (Wildman–Crippen MR) is 93.9 cm³/mol. The highest BCUT2D eigenvalue weighted by atomic mass is 32.2. The van der Waals surface area contributed by atoms with Gasteiger partial charge in [0.15, 0.2) is 0 Å². The van der Waals surface area contributed by atoms with E-state index in [1.165, 1.54) is 0 Å². The highest BCUT2D eigenvalue weighted by Crippen LogP contribution is 2.19. The van der Waals surface area contributed by atoms with Crippen molar-refractivity contribution < 1.29 is 13.7 Å². The molecule has 0 amide bonds. The maximum Gasteiger partial charge on any atom is 0.115 e. The molecule has 3 rings (SSSR count). The second kappa shape index (κ2) is 8.50. The maximum absolute atomic E-state index is 12.5. The Morgan fingerprint density at radius 2 is 2.09 bits per heavy atom. The van der Waals surface area contributed by atoms with Crippen molar-refractivity contribution in [3.8, 4) is 0 Å². The van der Waals surface area contributed by atoms with Gasteiger partial charge < -0.3 is 14.8 Å². The number of anilines is 1. The Labute approximate surface area is 140 Å². The summed E-state index contributed by atoms with van der Waals surface area (Å²) in [6.07, 6.45) is 8.05. The van der Waals surface area contributed by atoms with Crippen molar-refractivity contribution in [3.05, 3.63) is 42.2 Å². The van der Waals surface area contributed by atoms with Crippen LogP contribution in [0, 0.1) is 0 Å². The van der Waals surface area contributed by atoms with Gasteiger partial charge >= 0.3 is 0 Å². The summed E-state index contributed by atoms with van der Waals surface area (Å²) >= 11 is 0. The van der Waals surface area contributed by atoms with Crippen LogP contribution >= 0.6 is 0 Å². The molecule has 2 heterocycles. The molecule has 126 valence electrons. The van der Waals surface area contributed by atoms with Gasteiger partial charge in [0.05, 0.1) is 12.8 Å². The lowest BCUT2D eigenvalue weighted by Gasteiger charge is -2.22. The van der Waals surface area contributed by atoms with Crippen LogP contribution in [-0.2, 0) is 26.0 Å². The molecule has 1 saturated heterocycles. The molecular weight excluding hydrogens is 310 g/mol. The summed E-state index contributed by atoms with van der Waals surface area (Å²) in [6.45, 7) is 2.29. The molecule has 4 nitrogen and oxygen atoms in total. The zero-order valence-electron chi connectivity index (χ0n) is 13.4. The number of ether oxygens (including phenoxy) is 2. The topological polar surface area (TPSA) is 47.6 Å². The van der Waals surface area contributed by atoms with E-state index in [1.807, 2.05) is 6.07 Å². The molecule has 0 bridgehead atoms. The van der Waals surface area contributed by atoms with E-state index in [0.29, 0.717) is 5.75 Å². The van der Waals surface area contributed by atoms with Gasteiger partial charge in [-0.25, -0.2) is 0 Å². The normalized spacial score (nSPS) is 23.2. The molecule has 2 aliphatic rings. The van der Waals surface area contributed by atoms with Crippen LogP contribution in [0.25, 0.3) is 0 Å². The van der Waals surface area contributed by atoms with E-state index in [1.54, 1.807) is 6.26 Å². The van der Waals surface area contributed by atoms with Gasteiger partial charge in [0.1, 0.15) is 6.10 Å². The smallest absolute Gasteiger partial charge is 0.115 e. The first-order valence-electron chi connectivity index (χ1n) is 8.39. The fourth-order valence-corrected chi connectivity index (χ4v) is 4.42. The lowest BCUT2D eigenvalue weighted by atomic mass is 10.1. The van der Waals surface area contributed by atoms with E-state index in [2.05, 4.69) is 29.6 Å². The molecular formula is C18H25NO3S. The summed E-state index contributed by atoms with van der Waals surface area (Å²) in [5, 5.41) is 3.71. The van der Waals surface area contributed by atoms with E-state index < -0.39 is 10.8 Å². The molecule has 0 saturated carbocycles. The molecule has 1 fully saturated rings. The molecule has 5 heteroatoms. The molecule has 0 spiro atoms. The summed E-state index contributed by atoms with van der Waals surface area (Å²) in [5.41, 5.74) is 2.20. The minimum Gasteiger partial charge on any atom is -0.497 e. The third kappa shape index (κ3) is 5.08. The van der Waals surface area contributed by atoms with Crippen LogP contribution in [0.15, 0.2) is 36.6 Å². The Morgan fingerprint density at radius 3 is 2.87 bits per heavy atom. The summed E-state index contributed by atoms with van der Waals surface area (Å²) in [4.78, 5) is 0. The number of rotatable bonds is 6. The van der Waals surface area contributed by atoms with E-state index in [4.69, 9.17) is 9.47 Å². The fraction of sp³-hybridized carbons (Fsp3) is 0.556. The SMILES string of the molecule is O=[S@@](Cc1cccc(NC[C@H]2CCC=CO2)c1)C1CCOCC1. The number of hydrogen-bond acceptors (Lipinski definition) is 4. The van der Waals surface area contributed by atoms with E-state index >= 15 is 0 Å². The quantitative estimate of drug-likeness (QED) is 0.867. The maximum atomic E-state index is 12.5. The molecule has 0 unspecified atom stereocenters. The third-order valence-electron chi connectivity index (χ3n) is 4.33. The fourth-order valence-electron chi connectivity index (χ4n) is 2.96. The summed E-state index contributed by atoms with van der Waals surface area (Å²) in [6, 6.07) is 8.25. The van der Waals surface area contributed by atoms with Gasteiger partial charge in [0.25, 0.3) is 0 Å². The van der Waals surface area contributed by atoms with Gasteiger partial charge in [0, 0.05) is 40.7 Å². The first-order valence-corrected chi connectivity index (χ1v) is 9.77. The Balaban J connectivity index is 1.52.